The molecule has 37 heavy (non-hydrogen) atoms. The third-order valence-corrected chi connectivity index (χ3v) is 6.74. The van der Waals surface area contributed by atoms with E-state index in [0.717, 1.165) is 29.1 Å². The summed E-state index contributed by atoms with van der Waals surface area (Å²) < 4.78 is 2.22. The van der Waals surface area contributed by atoms with E-state index in [1.807, 2.05) is 42.2 Å². The van der Waals surface area contributed by atoms with Gasteiger partial charge in [-0.05, 0) is 50.4 Å². The summed E-state index contributed by atoms with van der Waals surface area (Å²) in [6, 6.07) is 26.5. The largest absolute Gasteiger partial charge is 0.330 e. The molecule has 0 fully saturated rings. The van der Waals surface area contributed by atoms with Gasteiger partial charge in [0.15, 0.2) is 0 Å². The van der Waals surface area contributed by atoms with E-state index in [0.29, 0.717) is 25.2 Å². The van der Waals surface area contributed by atoms with Crippen molar-refractivity contribution in [2.45, 2.75) is 46.7 Å². The minimum absolute atomic E-state index is 0.0123. The van der Waals surface area contributed by atoms with Crippen LogP contribution in [0.15, 0.2) is 85.1 Å². The lowest BCUT2D eigenvalue weighted by atomic mass is 9.99. The van der Waals surface area contributed by atoms with E-state index >= 15 is 0 Å². The summed E-state index contributed by atoms with van der Waals surface area (Å²) in [5.74, 6) is 1.06. The van der Waals surface area contributed by atoms with Crippen LogP contribution < -0.4 is 5.73 Å². The van der Waals surface area contributed by atoms with Gasteiger partial charge >= 0.3 is 0 Å². The second kappa shape index (κ2) is 12.0. The average Bonchev–Trinajstić information content (AvgIpc) is 3.30. The molecule has 3 aromatic carbocycles. The maximum Gasteiger partial charge on any atom is 0.254 e. The Morgan fingerprint density at radius 1 is 0.919 bits per heavy atom. The number of nitrogens with zero attached hydrogens (tertiary/aromatic N) is 3. The van der Waals surface area contributed by atoms with Crippen molar-refractivity contribution >= 4 is 5.91 Å². The van der Waals surface area contributed by atoms with Crippen LogP contribution in [0, 0.1) is 19.8 Å². The van der Waals surface area contributed by atoms with Gasteiger partial charge in [-0.25, -0.2) is 4.98 Å². The first kappa shape index (κ1) is 26.4. The molecule has 0 saturated carbocycles. The van der Waals surface area contributed by atoms with E-state index < -0.39 is 0 Å². The fraction of sp³-hybridized carbons (Fsp3) is 0.312. The highest BCUT2D eigenvalue weighted by Crippen LogP contribution is 2.32. The average molecular weight is 495 g/mol. The van der Waals surface area contributed by atoms with Crippen LogP contribution in [0.25, 0.3) is 11.3 Å². The van der Waals surface area contributed by atoms with Gasteiger partial charge in [0.1, 0.15) is 5.82 Å². The number of hydrogen-bond donors (Lipinski definition) is 1. The fourth-order valence-electron chi connectivity index (χ4n) is 4.72. The van der Waals surface area contributed by atoms with Crippen LogP contribution in [-0.4, -0.2) is 33.4 Å². The molecular weight excluding hydrogens is 456 g/mol. The van der Waals surface area contributed by atoms with E-state index in [9.17, 15) is 4.79 Å². The maximum atomic E-state index is 13.9. The van der Waals surface area contributed by atoms with Gasteiger partial charge in [0.25, 0.3) is 5.91 Å². The van der Waals surface area contributed by atoms with Crippen molar-refractivity contribution in [3.05, 3.63) is 113 Å². The summed E-state index contributed by atoms with van der Waals surface area (Å²) in [6.45, 7) is 10.2. The molecule has 0 bridgehead atoms. The number of aromatic nitrogens is 2. The van der Waals surface area contributed by atoms with E-state index in [1.165, 1.54) is 11.1 Å². The van der Waals surface area contributed by atoms with Gasteiger partial charge in [-0.1, -0.05) is 91.7 Å². The summed E-state index contributed by atoms with van der Waals surface area (Å²) in [5, 5.41) is 0. The molecule has 0 aliphatic heterocycles. The second-order valence-corrected chi connectivity index (χ2v) is 10.2. The van der Waals surface area contributed by atoms with Crippen LogP contribution in [0.1, 0.15) is 59.2 Å². The molecule has 0 unspecified atom stereocenters. The molecule has 5 heteroatoms. The molecule has 0 spiro atoms. The van der Waals surface area contributed by atoms with Crippen LogP contribution in [0.2, 0.25) is 0 Å². The topological polar surface area (TPSA) is 64.2 Å². The Morgan fingerprint density at radius 3 is 2.14 bits per heavy atom. The van der Waals surface area contributed by atoms with Gasteiger partial charge in [-0.2, -0.15) is 0 Å². The van der Waals surface area contributed by atoms with Crippen molar-refractivity contribution in [3.63, 3.8) is 0 Å². The lowest BCUT2D eigenvalue weighted by Gasteiger charge is -2.34. The zero-order valence-electron chi connectivity index (χ0n) is 22.4. The minimum atomic E-state index is -0.205. The van der Waals surface area contributed by atoms with Crippen molar-refractivity contribution in [3.8, 4) is 11.3 Å². The second-order valence-electron chi connectivity index (χ2n) is 10.2. The number of carbonyl (C=O) groups is 1. The molecule has 4 aromatic rings. The van der Waals surface area contributed by atoms with Crippen LogP contribution in [0.5, 0.6) is 0 Å². The molecule has 0 radical (unpaired) electrons. The smallest absolute Gasteiger partial charge is 0.254 e. The predicted molar refractivity (Wildman–Crippen MR) is 151 cm³/mol. The molecule has 1 heterocycles. The van der Waals surface area contributed by atoms with Gasteiger partial charge in [0.2, 0.25) is 0 Å². The maximum absolute atomic E-state index is 13.9. The number of amides is 1. The van der Waals surface area contributed by atoms with Crippen molar-refractivity contribution < 1.29 is 4.79 Å². The highest BCUT2D eigenvalue weighted by atomic mass is 16.2. The van der Waals surface area contributed by atoms with Crippen LogP contribution in [0.3, 0.4) is 0 Å². The molecule has 192 valence electrons. The highest BCUT2D eigenvalue weighted by Gasteiger charge is 2.32. The Hall–Kier alpha value is -3.70. The molecule has 0 aliphatic rings. The van der Waals surface area contributed by atoms with E-state index in [1.54, 1.807) is 0 Å². The normalized spacial score (nSPS) is 12.1. The molecule has 1 aromatic heterocycles. The highest BCUT2D eigenvalue weighted by molar-refractivity contribution is 5.94. The van der Waals surface area contributed by atoms with E-state index in [-0.39, 0.29) is 17.9 Å². The SMILES string of the molecule is Cc1ccc(C(=O)N(CCCN)[C@@H](c2nc(-c3ccc(C)cc3)cn2Cc2ccccc2)C(C)C)cc1. The quantitative estimate of drug-likeness (QED) is 0.277. The van der Waals surface area contributed by atoms with Gasteiger partial charge < -0.3 is 15.2 Å². The Kier molecular flexibility index (Phi) is 8.57. The van der Waals surface area contributed by atoms with Crippen LogP contribution in [0.4, 0.5) is 0 Å². The Labute approximate surface area is 221 Å². The van der Waals surface area contributed by atoms with Gasteiger partial charge in [0.05, 0.1) is 11.7 Å². The van der Waals surface area contributed by atoms with Crippen molar-refractivity contribution in [2.24, 2.45) is 11.7 Å². The number of imidazole rings is 1. The molecular formula is C32H38N4O. The summed E-state index contributed by atoms with van der Waals surface area (Å²) in [4.78, 5) is 21.1. The number of nitrogens with two attached hydrogens (primary N) is 1. The summed E-state index contributed by atoms with van der Waals surface area (Å²) >= 11 is 0. The predicted octanol–water partition coefficient (Wildman–Crippen LogP) is 6.40. The number of hydrogen-bond acceptors (Lipinski definition) is 3. The number of carbonyl (C=O) groups excluding carboxylic acids is 1. The third-order valence-electron chi connectivity index (χ3n) is 6.74. The van der Waals surface area contributed by atoms with E-state index in [2.05, 4.69) is 80.1 Å². The molecule has 5 nitrogen and oxygen atoms in total. The number of benzene rings is 3. The Balaban J connectivity index is 1.81. The monoisotopic (exact) mass is 494 g/mol. The zero-order valence-corrected chi connectivity index (χ0v) is 22.4. The fourth-order valence-corrected chi connectivity index (χ4v) is 4.72. The van der Waals surface area contributed by atoms with Crippen LogP contribution >= 0.6 is 0 Å². The van der Waals surface area contributed by atoms with Gasteiger partial charge in [-0.15, -0.1) is 0 Å². The Bertz CT molecular complexity index is 1290. The summed E-state index contributed by atoms with van der Waals surface area (Å²) in [5.41, 5.74) is 12.1. The lowest BCUT2D eigenvalue weighted by Crippen LogP contribution is -2.40. The van der Waals surface area contributed by atoms with Crippen molar-refractivity contribution in [1.82, 2.24) is 14.5 Å². The number of aryl methyl sites for hydroxylation is 2. The first-order valence-electron chi connectivity index (χ1n) is 13.1. The molecule has 0 aliphatic carbocycles. The van der Waals surface area contributed by atoms with Gasteiger partial charge in [0, 0.05) is 30.4 Å². The molecule has 2 N–H and O–H groups in total. The Morgan fingerprint density at radius 2 is 1.54 bits per heavy atom. The van der Waals surface area contributed by atoms with Crippen molar-refractivity contribution in [1.29, 1.82) is 0 Å². The first-order valence-corrected chi connectivity index (χ1v) is 13.1. The third kappa shape index (κ3) is 6.36. The standard InChI is InChI=1S/C32H38N4O/c1-23(2)30(36(20-8-19-33)32(37)28-17-13-25(4)14-18-28)31-34-29(27-15-11-24(3)12-16-27)22-35(31)21-26-9-6-5-7-10-26/h5-7,9-18,22-23,30H,8,19-21,33H2,1-4H3/t30-/m1/s1. The van der Waals surface area contributed by atoms with Crippen molar-refractivity contribution in [2.75, 3.05) is 13.1 Å². The van der Waals surface area contributed by atoms with Gasteiger partial charge in [-0.3, -0.25) is 4.79 Å². The van der Waals surface area contributed by atoms with E-state index in [4.69, 9.17) is 10.7 Å². The molecule has 1 amide bonds. The zero-order chi connectivity index (χ0) is 26.4. The summed E-state index contributed by atoms with van der Waals surface area (Å²) in [7, 11) is 0. The molecule has 0 saturated heterocycles. The molecule has 1 atom stereocenters. The first-order chi connectivity index (χ1) is 17.9. The minimum Gasteiger partial charge on any atom is -0.330 e. The number of rotatable bonds is 10. The molecule has 4 rings (SSSR count). The summed E-state index contributed by atoms with van der Waals surface area (Å²) in [6.07, 6.45) is 2.85. The lowest BCUT2D eigenvalue weighted by molar-refractivity contribution is 0.0604. The van der Waals surface area contributed by atoms with Crippen LogP contribution in [-0.2, 0) is 6.54 Å².